The number of rotatable bonds is 3. The van der Waals surface area contributed by atoms with Crippen molar-refractivity contribution in [2.75, 3.05) is 5.32 Å². The molecule has 2 aromatic carbocycles. The molecule has 0 saturated heterocycles. The van der Waals surface area contributed by atoms with E-state index in [-0.39, 0.29) is 5.91 Å². The van der Waals surface area contributed by atoms with E-state index in [1.807, 2.05) is 56.3 Å². The van der Waals surface area contributed by atoms with Gasteiger partial charge in [0.05, 0.1) is 0 Å². The number of para-hydroxylation sites is 1. The third-order valence-corrected chi connectivity index (χ3v) is 3.42. The highest BCUT2D eigenvalue weighted by Crippen LogP contribution is 2.17. The summed E-state index contributed by atoms with van der Waals surface area (Å²) in [6.45, 7) is 6.15. The Hall–Kier alpha value is -2.09. The summed E-state index contributed by atoms with van der Waals surface area (Å²) in [5.41, 5.74) is 5.09. The van der Waals surface area contributed by atoms with E-state index in [2.05, 4.69) is 12.2 Å². The molecule has 0 atom stereocenters. The van der Waals surface area contributed by atoms with Crippen molar-refractivity contribution in [1.82, 2.24) is 0 Å². The van der Waals surface area contributed by atoms with Gasteiger partial charge in [0.25, 0.3) is 5.91 Å². The lowest BCUT2D eigenvalue weighted by molar-refractivity contribution is 0.102. The molecule has 0 heterocycles. The molecule has 0 aliphatic heterocycles. The molecule has 98 valence electrons. The molecular weight excluding hydrogens is 234 g/mol. The monoisotopic (exact) mass is 253 g/mol. The molecule has 2 rings (SSSR count). The molecule has 0 unspecified atom stereocenters. The van der Waals surface area contributed by atoms with Gasteiger partial charge in [-0.3, -0.25) is 4.79 Å². The summed E-state index contributed by atoms with van der Waals surface area (Å²) in [6, 6.07) is 13.7. The van der Waals surface area contributed by atoms with Crippen LogP contribution >= 0.6 is 0 Å². The molecule has 2 heteroatoms. The number of amides is 1. The SMILES string of the molecule is CCc1ccccc1NC(=O)c1ccc(C)c(C)c1. The molecule has 0 aliphatic carbocycles. The molecular formula is C17H19NO. The van der Waals surface area contributed by atoms with E-state index >= 15 is 0 Å². The minimum atomic E-state index is -0.0519. The number of hydrogen-bond acceptors (Lipinski definition) is 1. The van der Waals surface area contributed by atoms with Gasteiger partial charge in [-0.25, -0.2) is 0 Å². The van der Waals surface area contributed by atoms with E-state index in [9.17, 15) is 4.79 Å². The Morgan fingerprint density at radius 3 is 2.47 bits per heavy atom. The highest BCUT2D eigenvalue weighted by atomic mass is 16.1. The normalized spacial score (nSPS) is 10.3. The number of carbonyl (C=O) groups is 1. The molecule has 0 spiro atoms. The minimum absolute atomic E-state index is 0.0519. The summed E-state index contributed by atoms with van der Waals surface area (Å²) >= 11 is 0. The quantitative estimate of drug-likeness (QED) is 0.876. The van der Waals surface area contributed by atoms with Crippen LogP contribution in [-0.2, 0) is 6.42 Å². The number of aryl methyl sites for hydroxylation is 3. The number of carbonyl (C=O) groups excluding carboxylic acids is 1. The van der Waals surface area contributed by atoms with Crippen LogP contribution in [0.4, 0.5) is 5.69 Å². The predicted octanol–water partition coefficient (Wildman–Crippen LogP) is 4.12. The van der Waals surface area contributed by atoms with Gasteiger partial charge >= 0.3 is 0 Å². The van der Waals surface area contributed by atoms with Crippen LogP contribution < -0.4 is 5.32 Å². The van der Waals surface area contributed by atoms with Crippen LogP contribution in [0.3, 0.4) is 0 Å². The van der Waals surface area contributed by atoms with Crippen LogP contribution in [-0.4, -0.2) is 5.91 Å². The van der Waals surface area contributed by atoms with E-state index in [0.29, 0.717) is 5.56 Å². The van der Waals surface area contributed by atoms with Crippen molar-refractivity contribution in [2.45, 2.75) is 27.2 Å². The fraction of sp³-hybridized carbons (Fsp3) is 0.235. The molecule has 0 fully saturated rings. The Kier molecular flexibility index (Phi) is 4.00. The first kappa shape index (κ1) is 13.3. The summed E-state index contributed by atoms with van der Waals surface area (Å²) in [5.74, 6) is -0.0519. The maximum atomic E-state index is 12.2. The standard InChI is InChI=1S/C17H19NO/c1-4-14-7-5-6-8-16(14)18-17(19)15-10-9-12(2)13(3)11-15/h5-11H,4H2,1-3H3,(H,18,19). The number of benzene rings is 2. The van der Waals surface area contributed by atoms with Gasteiger partial charge in [0, 0.05) is 11.3 Å². The Morgan fingerprint density at radius 2 is 1.79 bits per heavy atom. The van der Waals surface area contributed by atoms with Gasteiger partial charge in [0.1, 0.15) is 0 Å². The van der Waals surface area contributed by atoms with Crippen LogP contribution in [0.5, 0.6) is 0 Å². The van der Waals surface area contributed by atoms with E-state index in [1.165, 1.54) is 5.56 Å². The molecule has 19 heavy (non-hydrogen) atoms. The maximum Gasteiger partial charge on any atom is 0.255 e. The van der Waals surface area contributed by atoms with Crippen LogP contribution in [0.25, 0.3) is 0 Å². The highest BCUT2D eigenvalue weighted by Gasteiger charge is 2.08. The Morgan fingerprint density at radius 1 is 1.05 bits per heavy atom. The second-order valence-electron chi connectivity index (χ2n) is 4.76. The Labute approximate surface area is 114 Å². The van der Waals surface area contributed by atoms with Gasteiger partial charge in [-0.1, -0.05) is 31.2 Å². The zero-order valence-corrected chi connectivity index (χ0v) is 11.7. The lowest BCUT2D eigenvalue weighted by Crippen LogP contribution is -2.13. The first-order valence-corrected chi connectivity index (χ1v) is 6.58. The zero-order valence-electron chi connectivity index (χ0n) is 11.7. The van der Waals surface area contributed by atoms with Crippen molar-refractivity contribution in [3.05, 3.63) is 64.7 Å². The summed E-state index contributed by atoms with van der Waals surface area (Å²) in [7, 11) is 0. The number of nitrogens with one attached hydrogen (secondary N) is 1. The van der Waals surface area contributed by atoms with Crippen LogP contribution in [0.2, 0.25) is 0 Å². The topological polar surface area (TPSA) is 29.1 Å². The van der Waals surface area contributed by atoms with E-state index in [0.717, 1.165) is 23.2 Å². The van der Waals surface area contributed by atoms with E-state index in [4.69, 9.17) is 0 Å². The summed E-state index contributed by atoms with van der Waals surface area (Å²) in [6.07, 6.45) is 0.906. The van der Waals surface area contributed by atoms with Gasteiger partial charge in [-0.2, -0.15) is 0 Å². The second kappa shape index (κ2) is 5.70. The van der Waals surface area contributed by atoms with Gasteiger partial charge in [0.2, 0.25) is 0 Å². The molecule has 2 nitrogen and oxygen atoms in total. The van der Waals surface area contributed by atoms with Gasteiger partial charge < -0.3 is 5.32 Å². The van der Waals surface area contributed by atoms with Gasteiger partial charge in [-0.15, -0.1) is 0 Å². The second-order valence-corrected chi connectivity index (χ2v) is 4.76. The van der Waals surface area contributed by atoms with Crippen LogP contribution in [0.1, 0.15) is 34.0 Å². The maximum absolute atomic E-state index is 12.2. The number of anilines is 1. The first-order chi connectivity index (χ1) is 9.11. The lowest BCUT2D eigenvalue weighted by atomic mass is 10.1. The van der Waals surface area contributed by atoms with Crippen molar-refractivity contribution >= 4 is 11.6 Å². The van der Waals surface area contributed by atoms with Gasteiger partial charge in [0.15, 0.2) is 0 Å². The fourth-order valence-corrected chi connectivity index (χ4v) is 2.03. The van der Waals surface area contributed by atoms with Crippen molar-refractivity contribution in [3.63, 3.8) is 0 Å². The Bertz CT molecular complexity index is 602. The average Bonchev–Trinajstić information content (AvgIpc) is 2.42. The van der Waals surface area contributed by atoms with Gasteiger partial charge in [-0.05, 0) is 55.2 Å². The molecule has 0 aromatic heterocycles. The fourth-order valence-electron chi connectivity index (χ4n) is 2.03. The zero-order chi connectivity index (χ0) is 13.8. The molecule has 1 amide bonds. The average molecular weight is 253 g/mol. The molecule has 2 aromatic rings. The smallest absolute Gasteiger partial charge is 0.255 e. The summed E-state index contributed by atoms with van der Waals surface area (Å²) in [5, 5.41) is 2.99. The highest BCUT2D eigenvalue weighted by molar-refractivity contribution is 6.04. The van der Waals surface area contributed by atoms with E-state index < -0.39 is 0 Å². The number of hydrogen-bond donors (Lipinski definition) is 1. The Balaban J connectivity index is 2.23. The molecule has 0 saturated carbocycles. The predicted molar refractivity (Wildman–Crippen MR) is 79.7 cm³/mol. The van der Waals surface area contributed by atoms with Crippen molar-refractivity contribution in [2.24, 2.45) is 0 Å². The van der Waals surface area contributed by atoms with Crippen LogP contribution in [0, 0.1) is 13.8 Å². The largest absolute Gasteiger partial charge is 0.322 e. The molecule has 0 radical (unpaired) electrons. The molecule has 1 N–H and O–H groups in total. The third-order valence-electron chi connectivity index (χ3n) is 3.42. The van der Waals surface area contributed by atoms with E-state index in [1.54, 1.807) is 0 Å². The summed E-state index contributed by atoms with van der Waals surface area (Å²) in [4.78, 5) is 12.2. The first-order valence-electron chi connectivity index (χ1n) is 6.58. The molecule has 0 aliphatic rings. The lowest BCUT2D eigenvalue weighted by Gasteiger charge is -2.10. The summed E-state index contributed by atoms with van der Waals surface area (Å²) < 4.78 is 0. The third kappa shape index (κ3) is 3.02. The van der Waals surface area contributed by atoms with Crippen molar-refractivity contribution in [1.29, 1.82) is 0 Å². The van der Waals surface area contributed by atoms with Crippen molar-refractivity contribution < 1.29 is 4.79 Å². The van der Waals surface area contributed by atoms with Crippen LogP contribution in [0.15, 0.2) is 42.5 Å². The van der Waals surface area contributed by atoms with Crippen molar-refractivity contribution in [3.8, 4) is 0 Å². The minimum Gasteiger partial charge on any atom is -0.322 e. The molecule has 0 bridgehead atoms.